The first-order valence-electron chi connectivity index (χ1n) is 9.24. The van der Waals surface area contributed by atoms with E-state index in [0.29, 0.717) is 18.8 Å². The Morgan fingerprint density at radius 2 is 2.10 bits per heavy atom. The highest BCUT2D eigenvalue weighted by atomic mass is 19.3. The number of benzene rings is 1. The number of carboxylic acid groups (broad SMARTS) is 1. The van der Waals surface area contributed by atoms with Gasteiger partial charge in [0.1, 0.15) is 12.3 Å². The number of aromatic nitrogens is 3. The van der Waals surface area contributed by atoms with Crippen LogP contribution in [0.25, 0.3) is 16.8 Å². The summed E-state index contributed by atoms with van der Waals surface area (Å²) in [6, 6.07) is 4.36. The second kappa shape index (κ2) is 6.55. The number of aliphatic hydroxyl groups excluding tert-OH is 1. The van der Waals surface area contributed by atoms with Gasteiger partial charge in [0.2, 0.25) is 0 Å². The normalized spacial score (nSPS) is 21.0. The molecule has 30 heavy (non-hydrogen) atoms. The molecule has 2 bridgehead atoms. The lowest BCUT2D eigenvalue weighted by molar-refractivity contribution is -0.200. The Morgan fingerprint density at radius 3 is 2.73 bits per heavy atom. The van der Waals surface area contributed by atoms with Gasteiger partial charge in [0.05, 0.1) is 12.1 Å². The van der Waals surface area contributed by atoms with Crippen LogP contribution in [0.4, 0.5) is 19.6 Å². The topological polar surface area (TPSA) is 117 Å². The van der Waals surface area contributed by atoms with Crippen molar-refractivity contribution < 1.29 is 32.9 Å². The van der Waals surface area contributed by atoms with Gasteiger partial charge in [-0.05, 0) is 24.6 Å². The lowest BCUT2D eigenvalue weighted by Gasteiger charge is -2.54. The van der Waals surface area contributed by atoms with Crippen LogP contribution < -0.4 is 9.64 Å². The van der Waals surface area contributed by atoms with Gasteiger partial charge in [-0.2, -0.15) is 18.9 Å². The summed E-state index contributed by atoms with van der Waals surface area (Å²) in [5, 5.41) is 22.3. The van der Waals surface area contributed by atoms with Gasteiger partial charge in [0, 0.05) is 25.5 Å². The van der Waals surface area contributed by atoms with Gasteiger partial charge in [-0.15, -0.1) is 0 Å². The average molecular weight is 421 g/mol. The monoisotopic (exact) mass is 421 g/mol. The van der Waals surface area contributed by atoms with Gasteiger partial charge in [-0.1, -0.05) is 0 Å². The lowest BCUT2D eigenvalue weighted by Crippen LogP contribution is -2.70. The number of amides is 1. The van der Waals surface area contributed by atoms with E-state index in [-0.39, 0.29) is 34.9 Å². The number of nitrogens with zero attached hydrogens (tertiary/aromatic N) is 5. The second-order valence-electron chi connectivity index (χ2n) is 7.24. The van der Waals surface area contributed by atoms with Crippen LogP contribution in [-0.2, 0) is 0 Å². The molecule has 3 aliphatic rings. The van der Waals surface area contributed by atoms with Crippen molar-refractivity contribution in [2.45, 2.75) is 24.6 Å². The molecular formula is C18H17F2N5O5. The van der Waals surface area contributed by atoms with Crippen LogP contribution >= 0.6 is 0 Å². The van der Waals surface area contributed by atoms with E-state index in [2.05, 4.69) is 14.8 Å². The third-order valence-corrected chi connectivity index (χ3v) is 5.35. The Labute approximate surface area is 167 Å². The molecule has 0 radical (unpaired) electrons. The van der Waals surface area contributed by atoms with Gasteiger partial charge in [-0.25, -0.2) is 9.48 Å². The maximum atomic E-state index is 13.7. The summed E-state index contributed by atoms with van der Waals surface area (Å²) in [4.78, 5) is 18.9. The van der Waals surface area contributed by atoms with E-state index in [1.807, 2.05) is 0 Å². The highest BCUT2D eigenvalue weighted by molar-refractivity contribution is 5.88. The molecule has 2 aromatic heterocycles. The SMILES string of the molecule is O=C(O)N1C2CC1CN(c1nc3c(OC(F)(F)CO)ccc(-n4cccn4)c3o1)C2. The molecule has 1 amide bonds. The van der Waals surface area contributed by atoms with E-state index in [0.717, 1.165) is 6.42 Å². The van der Waals surface area contributed by atoms with Gasteiger partial charge in [-0.3, -0.25) is 4.90 Å². The lowest BCUT2D eigenvalue weighted by atomic mass is 9.88. The number of rotatable bonds is 5. The van der Waals surface area contributed by atoms with Gasteiger partial charge < -0.3 is 24.3 Å². The fraction of sp³-hybridized carbons (Fsp3) is 0.389. The molecule has 2 atom stereocenters. The van der Waals surface area contributed by atoms with Gasteiger partial charge >= 0.3 is 12.2 Å². The number of fused-ring (bicyclic) bond motifs is 3. The molecule has 3 aliphatic heterocycles. The number of alkyl halides is 2. The molecule has 3 saturated heterocycles. The molecule has 3 fully saturated rings. The summed E-state index contributed by atoms with van der Waals surface area (Å²) < 4.78 is 39.4. The first kappa shape index (κ1) is 18.6. The van der Waals surface area contributed by atoms with Crippen molar-refractivity contribution in [1.82, 2.24) is 19.7 Å². The molecule has 158 valence electrons. The van der Waals surface area contributed by atoms with E-state index in [9.17, 15) is 18.7 Å². The van der Waals surface area contributed by atoms with Crippen molar-refractivity contribution in [2.75, 3.05) is 24.6 Å². The first-order valence-corrected chi connectivity index (χ1v) is 9.24. The van der Waals surface area contributed by atoms with Crippen molar-refractivity contribution in [1.29, 1.82) is 0 Å². The molecule has 0 spiro atoms. The predicted octanol–water partition coefficient (Wildman–Crippen LogP) is 1.92. The van der Waals surface area contributed by atoms with Crippen LogP contribution in [0.2, 0.25) is 0 Å². The second-order valence-corrected chi connectivity index (χ2v) is 7.24. The van der Waals surface area contributed by atoms with E-state index in [1.165, 1.54) is 21.7 Å². The minimum absolute atomic E-state index is 0.0560. The van der Waals surface area contributed by atoms with Crippen LogP contribution in [0.5, 0.6) is 5.75 Å². The maximum absolute atomic E-state index is 13.7. The number of piperidine rings is 1. The average Bonchev–Trinajstić information content (AvgIpc) is 3.38. The van der Waals surface area contributed by atoms with E-state index >= 15 is 0 Å². The first-order chi connectivity index (χ1) is 14.4. The molecular weight excluding hydrogens is 404 g/mol. The number of hydrogen-bond acceptors (Lipinski definition) is 7. The summed E-state index contributed by atoms with van der Waals surface area (Å²) in [5.41, 5.74) is 0.720. The van der Waals surface area contributed by atoms with Crippen molar-refractivity contribution in [2.24, 2.45) is 0 Å². The van der Waals surface area contributed by atoms with Crippen LogP contribution in [0.3, 0.4) is 0 Å². The number of halogens is 2. The van der Waals surface area contributed by atoms with E-state index in [4.69, 9.17) is 9.52 Å². The number of ether oxygens (including phenoxy) is 1. The summed E-state index contributed by atoms with van der Waals surface area (Å²) in [5.74, 6) is -0.246. The largest absolute Gasteiger partial charge is 0.465 e. The standard InChI is InChI=1S/C18H17F2N5O5/c19-18(20,9-26)30-13-3-2-12(24-5-1-4-21-24)15-14(13)22-16(29-15)23-7-10-6-11(8-23)25(10)17(27)28/h1-5,10-11,26H,6-9H2,(H,27,28). The third-order valence-electron chi connectivity index (χ3n) is 5.35. The number of hydrogen-bond donors (Lipinski definition) is 2. The highest BCUT2D eigenvalue weighted by Gasteiger charge is 2.48. The number of piperazine rings is 1. The zero-order valence-electron chi connectivity index (χ0n) is 15.5. The van der Waals surface area contributed by atoms with Gasteiger partial charge in [0.25, 0.3) is 6.01 Å². The molecule has 0 saturated carbocycles. The molecule has 12 heteroatoms. The Morgan fingerprint density at radius 1 is 1.33 bits per heavy atom. The molecule has 6 rings (SSSR count). The summed E-state index contributed by atoms with van der Waals surface area (Å²) >= 11 is 0. The van der Waals surface area contributed by atoms with Crippen molar-refractivity contribution in [3.63, 3.8) is 0 Å². The van der Waals surface area contributed by atoms with Crippen LogP contribution in [-0.4, -0.2) is 73.9 Å². The van der Waals surface area contributed by atoms with Crippen molar-refractivity contribution in [3.05, 3.63) is 30.6 Å². The molecule has 5 heterocycles. The van der Waals surface area contributed by atoms with E-state index in [1.54, 1.807) is 23.4 Å². The van der Waals surface area contributed by atoms with Crippen LogP contribution in [0, 0.1) is 0 Å². The zero-order valence-corrected chi connectivity index (χ0v) is 15.5. The molecule has 2 N–H and O–H groups in total. The van der Waals surface area contributed by atoms with E-state index < -0.39 is 18.8 Å². The minimum Gasteiger partial charge on any atom is -0.465 e. The zero-order chi connectivity index (χ0) is 21.0. The summed E-state index contributed by atoms with van der Waals surface area (Å²) in [6.45, 7) is -0.716. The Bertz CT molecular complexity index is 1090. The summed E-state index contributed by atoms with van der Waals surface area (Å²) in [7, 11) is 0. The molecule has 0 aliphatic carbocycles. The van der Waals surface area contributed by atoms with Crippen LogP contribution in [0.15, 0.2) is 35.0 Å². The Kier molecular flexibility index (Phi) is 4.07. The quantitative estimate of drug-likeness (QED) is 0.642. The van der Waals surface area contributed by atoms with Crippen LogP contribution in [0.1, 0.15) is 6.42 Å². The van der Waals surface area contributed by atoms with Crippen molar-refractivity contribution >= 4 is 23.2 Å². The molecule has 3 aromatic rings. The fourth-order valence-electron chi connectivity index (χ4n) is 4.04. The molecule has 10 nitrogen and oxygen atoms in total. The van der Waals surface area contributed by atoms with Gasteiger partial charge in [0.15, 0.2) is 16.8 Å². The third kappa shape index (κ3) is 2.91. The van der Waals surface area contributed by atoms with Crippen molar-refractivity contribution in [3.8, 4) is 11.4 Å². The smallest absolute Gasteiger partial charge is 0.421 e. The number of carbonyl (C=O) groups is 1. The molecule has 1 aromatic carbocycles. The predicted molar refractivity (Wildman–Crippen MR) is 98.1 cm³/mol. The number of aliphatic hydroxyl groups is 1. The highest BCUT2D eigenvalue weighted by Crippen LogP contribution is 2.39. The molecule has 2 unspecified atom stereocenters. The summed E-state index contributed by atoms with van der Waals surface area (Å²) in [6.07, 6.45) is -0.754. The fourth-order valence-corrected chi connectivity index (χ4v) is 4.04. The Balaban J connectivity index is 1.54. The maximum Gasteiger partial charge on any atom is 0.421 e. The number of oxazole rings is 1. The number of anilines is 1. The Hall–Kier alpha value is -3.41. The minimum atomic E-state index is -3.78.